The summed E-state index contributed by atoms with van der Waals surface area (Å²) in [4.78, 5) is 16.0. The molecule has 1 heterocycles. The second-order valence-corrected chi connectivity index (χ2v) is 6.55. The largest absolute Gasteiger partial charge is 0.322 e. The van der Waals surface area contributed by atoms with Crippen molar-refractivity contribution < 1.29 is 17.6 Å². The highest BCUT2D eigenvalue weighted by atomic mass is 32.2. The SMILES string of the molecule is CCNS(=O)(=O)c1ccc(F)c(C(=O)Nc2ccnc(C)c2)c1. The molecule has 1 amide bonds. The Labute approximate surface area is 133 Å². The van der Waals surface area contributed by atoms with Crippen LogP contribution in [0.15, 0.2) is 41.4 Å². The lowest BCUT2D eigenvalue weighted by Crippen LogP contribution is -2.24. The predicted molar refractivity (Wildman–Crippen MR) is 84.2 cm³/mol. The van der Waals surface area contributed by atoms with Crippen LogP contribution in [-0.2, 0) is 10.0 Å². The molecule has 0 spiro atoms. The van der Waals surface area contributed by atoms with E-state index in [-0.39, 0.29) is 17.0 Å². The normalized spacial score (nSPS) is 11.3. The molecule has 1 aromatic heterocycles. The van der Waals surface area contributed by atoms with Crippen LogP contribution < -0.4 is 10.0 Å². The predicted octanol–water partition coefficient (Wildman–Crippen LogP) is 2.08. The maximum Gasteiger partial charge on any atom is 0.258 e. The second-order valence-electron chi connectivity index (χ2n) is 4.78. The van der Waals surface area contributed by atoms with E-state index >= 15 is 0 Å². The highest BCUT2D eigenvalue weighted by molar-refractivity contribution is 7.89. The number of halogens is 1. The van der Waals surface area contributed by atoms with Crippen molar-refractivity contribution in [1.29, 1.82) is 0 Å². The van der Waals surface area contributed by atoms with Gasteiger partial charge in [-0.2, -0.15) is 0 Å². The van der Waals surface area contributed by atoms with Gasteiger partial charge in [0.25, 0.3) is 5.91 Å². The number of rotatable bonds is 5. The van der Waals surface area contributed by atoms with E-state index in [9.17, 15) is 17.6 Å². The van der Waals surface area contributed by atoms with Gasteiger partial charge in [-0.3, -0.25) is 9.78 Å². The Hall–Kier alpha value is -2.32. The molecule has 0 aliphatic rings. The van der Waals surface area contributed by atoms with E-state index < -0.39 is 21.7 Å². The third-order valence-electron chi connectivity index (χ3n) is 2.98. The monoisotopic (exact) mass is 337 g/mol. The van der Waals surface area contributed by atoms with E-state index in [0.717, 1.165) is 18.2 Å². The Morgan fingerprint density at radius 1 is 1.26 bits per heavy atom. The van der Waals surface area contributed by atoms with Gasteiger partial charge in [0, 0.05) is 24.1 Å². The third-order valence-corrected chi connectivity index (χ3v) is 4.52. The van der Waals surface area contributed by atoms with Crippen LogP contribution in [0.25, 0.3) is 0 Å². The molecule has 0 radical (unpaired) electrons. The number of nitrogens with zero attached hydrogens (tertiary/aromatic N) is 1. The van der Waals surface area contributed by atoms with Gasteiger partial charge in [0.1, 0.15) is 5.82 Å². The summed E-state index contributed by atoms with van der Waals surface area (Å²) in [5.41, 5.74) is 0.784. The van der Waals surface area contributed by atoms with Gasteiger partial charge in [0.2, 0.25) is 10.0 Å². The first kappa shape index (κ1) is 17.0. The van der Waals surface area contributed by atoms with Crippen molar-refractivity contribution in [3.8, 4) is 0 Å². The fourth-order valence-corrected chi connectivity index (χ4v) is 3.01. The minimum absolute atomic E-state index is 0.170. The Morgan fingerprint density at radius 3 is 2.65 bits per heavy atom. The molecule has 0 unspecified atom stereocenters. The summed E-state index contributed by atoms with van der Waals surface area (Å²) in [5.74, 6) is -1.54. The van der Waals surface area contributed by atoms with Gasteiger partial charge in [-0.25, -0.2) is 17.5 Å². The highest BCUT2D eigenvalue weighted by Crippen LogP contribution is 2.17. The van der Waals surface area contributed by atoms with Gasteiger partial charge >= 0.3 is 0 Å². The zero-order chi connectivity index (χ0) is 17.0. The fourth-order valence-electron chi connectivity index (χ4n) is 1.94. The standard InChI is InChI=1S/C15H16FN3O3S/c1-3-18-23(21,22)12-4-5-14(16)13(9-12)15(20)19-11-6-7-17-10(2)8-11/h4-9,18H,3H2,1-2H3,(H,17,19,20). The number of hydrogen-bond donors (Lipinski definition) is 2. The molecule has 0 fully saturated rings. The van der Waals surface area contributed by atoms with Crippen LogP contribution in [0.4, 0.5) is 10.1 Å². The molecule has 122 valence electrons. The van der Waals surface area contributed by atoms with Crippen LogP contribution in [0, 0.1) is 12.7 Å². The Kier molecular flexibility index (Phi) is 5.07. The summed E-state index contributed by atoms with van der Waals surface area (Å²) in [5, 5.41) is 2.52. The molecular weight excluding hydrogens is 321 g/mol. The number of hydrogen-bond acceptors (Lipinski definition) is 4. The van der Waals surface area contributed by atoms with Crippen LogP contribution in [0.1, 0.15) is 23.0 Å². The molecule has 8 heteroatoms. The van der Waals surface area contributed by atoms with Gasteiger partial charge in [-0.1, -0.05) is 6.92 Å². The third kappa shape index (κ3) is 4.11. The van der Waals surface area contributed by atoms with Crippen molar-refractivity contribution in [2.24, 2.45) is 0 Å². The number of anilines is 1. The quantitative estimate of drug-likeness (QED) is 0.874. The minimum atomic E-state index is -3.77. The van der Waals surface area contributed by atoms with Crippen molar-refractivity contribution in [3.05, 3.63) is 53.6 Å². The molecule has 6 nitrogen and oxygen atoms in total. The first-order valence-corrected chi connectivity index (χ1v) is 8.35. The van der Waals surface area contributed by atoms with Crippen molar-refractivity contribution in [3.63, 3.8) is 0 Å². The summed E-state index contributed by atoms with van der Waals surface area (Å²) < 4.78 is 40.1. The van der Waals surface area contributed by atoms with Crippen molar-refractivity contribution in [1.82, 2.24) is 9.71 Å². The molecule has 2 aromatic rings. The molecule has 0 saturated carbocycles. The van der Waals surface area contributed by atoms with Gasteiger partial charge in [0.05, 0.1) is 10.5 Å². The number of aryl methyl sites for hydroxylation is 1. The summed E-state index contributed by atoms with van der Waals surface area (Å²) >= 11 is 0. The van der Waals surface area contributed by atoms with Crippen molar-refractivity contribution in [2.75, 3.05) is 11.9 Å². The van der Waals surface area contributed by atoms with Gasteiger partial charge in [0.15, 0.2) is 0 Å². The number of aromatic nitrogens is 1. The molecule has 0 bridgehead atoms. The second kappa shape index (κ2) is 6.84. The Bertz CT molecular complexity index is 838. The minimum Gasteiger partial charge on any atom is -0.322 e. The van der Waals surface area contributed by atoms with E-state index in [1.165, 1.54) is 6.20 Å². The van der Waals surface area contributed by atoms with Gasteiger partial charge in [-0.15, -0.1) is 0 Å². The molecule has 1 aromatic carbocycles. The first-order chi connectivity index (χ1) is 10.8. The van der Waals surface area contributed by atoms with E-state index in [1.807, 2.05) is 0 Å². The fraction of sp³-hybridized carbons (Fsp3) is 0.200. The molecule has 0 saturated heterocycles. The molecule has 0 atom stereocenters. The molecule has 23 heavy (non-hydrogen) atoms. The lowest BCUT2D eigenvalue weighted by atomic mass is 10.2. The van der Waals surface area contributed by atoms with Crippen LogP contribution in [0.5, 0.6) is 0 Å². The van der Waals surface area contributed by atoms with Crippen molar-refractivity contribution in [2.45, 2.75) is 18.7 Å². The average molecular weight is 337 g/mol. The Balaban J connectivity index is 2.33. The molecule has 0 aliphatic carbocycles. The maximum absolute atomic E-state index is 13.9. The lowest BCUT2D eigenvalue weighted by Gasteiger charge is -2.09. The van der Waals surface area contributed by atoms with E-state index in [4.69, 9.17) is 0 Å². The number of nitrogens with one attached hydrogen (secondary N) is 2. The van der Waals surface area contributed by atoms with Crippen LogP contribution in [0.2, 0.25) is 0 Å². The number of sulfonamides is 1. The Morgan fingerprint density at radius 2 is 2.00 bits per heavy atom. The van der Waals surface area contributed by atoms with Crippen molar-refractivity contribution >= 4 is 21.6 Å². The van der Waals surface area contributed by atoms with Gasteiger partial charge in [-0.05, 0) is 37.3 Å². The van der Waals surface area contributed by atoms with Crippen LogP contribution >= 0.6 is 0 Å². The molecule has 2 N–H and O–H groups in total. The smallest absolute Gasteiger partial charge is 0.258 e. The van der Waals surface area contributed by atoms with E-state index in [2.05, 4.69) is 15.0 Å². The highest BCUT2D eigenvalue weighted by Gasteiger charge is 2.19. The van der Waals surface area contributed by atoms with E-state index in [0.29, 0.717) is 11.4 Å². The van der Waals surface area contributed by atoms with Gasteiger partial charge < -0.3 is 5.32 Å². The van der Waals surface area contributed by atoms with E-state index in [1.54, 1.807) is 26.0 Å². The number of carbonyl (C=O) groups excluding carboxylic acids is 1. The summed E-state index contributed by atoms with van der Waals surface area (Å²) in [6, 6.07) is 6.26. The summed E-state index contributed by atoms with van der Waals surface area (Å²) in [6.07, 6.45) is 1.51. The number of carbonyl (C=O) groups is 1. The topological polar surface area (TPSA) is 88.2 Å². The van der Waals surface area contributed by atoms with Crippen LogP contribution in [-0.4, -0.2) is 25.9 Å². The molecule has 0 aliphatic heterocycles. The summed E-state index contributed by atoms with van der Waals surface area (Å²) in [6.45, 7) is 3.57. The maximum atomic E-state index is 13.9. The lowest BCUT2D eigenvalue weighted by molar-refractivity contribution is 0.102. The number of benzene rings is 1. The number of amides is 1. The first-order valence-electron chi connectivity index (χ1n) is 6.86. The molecule has 2 rings (SSSR count). The van der Waals surface area contributed by atoms with Crippen LogP contribution in [0.3, 0.4) is 0 Å². The average Bonchev–Trinajstić information content (AvgIpc) is 2.47. The zero-order valence-electron chi connectivity index (χ0n) is 12.6. The zero-order valence-corrected chi connectivity index (χ0v) is 13.4. The summed E-state index contributed by atoms with van der Waals surface area (Å²) in [7, 11) is -3.77. The molecular formula is C15H16FN3O3S. The number of pyridine rings is 1.